The summed E-state index contributed by atoms with van der Waals surface area (Å²) in [6.45, 7) is 5.61. The number of amides is 1. The van der Waals surface area contributed by atoms with Crippen molar-refractivity contribution in [3.8, 4) is 11.6 Å². The van der Waals surface area contributed by atoms with E-state index in [-0.39, 0.29) is 5.91 Å². The van der Waals surface area contributed by atoms with E-state index in [2.05, 4.69) is 49.2 Å². The van der Waals surface area contributed by atoms with Crippen LogP contribution in [-0.4, -0.2) is 55.7 Å². The second-order valence-corrected chi connectivity index (χ2v) is 8.28. The minimum absolute atomic E-state index is 0.292. The Morgan fingerprint density at radius 3 is 2.91 bits per heavy atom. The highest BCUT2D eigenvalue weighted by molar-refractivity contribution is 5.99. The van der Waals surface area contributed by atoms with Gasteiger partial charge in [0, 0.05) is 24.1 Å². The second-order valence-electron chi connectivity index (χ2n) is 8.28. The minimum atomic E-state index is -0.292. The molecule has 0 bridgehead atoms. The summed E-state index contributed by atoms with van der Waals surface area (Å²) in [7, 11) is 2.15. The number of carbonyl (C=O) groups is 1. The van der Waals surface area contributed by atoms with Crippen LogP contribution in [0.4, 0.5) is 17.3 Å². The molecule has 1 aliphatic heterocycles. The molecule has 1 amide bonds. The first-order valence-electron chi connectivity index (χ1n) is 11.1. The predicted octanol–water partition coefficient (Wildman–Crippen LogP) is 4.08. The highest BCUT2D eigenvalue weighted by Crippen LogP contribution is 2.30. The second kappa shape index (κ2) is 9.36. The average molecular weight is 459 g/mol. The Labute approximate surface area is 196 Å². The standard InChI is InChI=1S/C24H26N8O2/c1-3-21(33)27-16-5-4-6-19(13-16)34-23-20-7-10-25-22(20)29-24(30-23)28-17-14-26-32(15-17)18-8-11-31(2)12-9-18/h3-7,10,13-15,18H,1,8-9,11-12H2,2H3,(H,27,33)(H2,25,28,29,30). The van der Waals surface area contributed by atoms with Crippen molar-refractivity contribution >= 4 is 34.3 Å². The molecule has 4 aromatic rings. The van der Waals surface area contributed by atoms with Crippen LogP contribution in [0.2, 0.25) is 0 Å². The van der Waals surface area contributed by atoms with Crippen LogP contribution >= 0.6 is 0 Å². The van der Waals surface area contributed by atoms with Gasteiger partial charge in [0.15, 0.2) is 0 Å². The van der Waals surface area contributed by atoms with Crippen molar-refractivity contribution in [3.05, 3.63) is 61.6 Å². The molecule has 1 saturated heterocycles. The Morgan fingerprint density at radius 2 is 2.09 bits per heavy atom. The molecule has 174 valence electrons. The highest BCUT2D eigenvalue weighted by atomic mass is 16.5. The largest absolute Gasteiger partial charge is 0.438 e. The first-order chi connectivity index (χ1) is 16.6. The number of H-pyrrole nitrogens is 1. The average Bonchev–Trinajstić information content (AvgIpc) is 3.50. The molecule has 3 aromatic heterocycles. The van der Waals surface area contributed by atoms with Crippen molar-refractivity contribution in [2.45, 2.75) is 18.9 Å². The van der Waals surface area contributed by atoms with Crippen molar-refractivity contribution < 1.29 is 9.53 Å². The van der Waals surface area contributed by atoms with E-state index >= 15 is 0 Å². The van der Waals surface area contributed by atoms with Gasteiger partial charge in [-0.3, -0.25) is 9.48 Å². The summed E-state index contributed by atoms with van der Waals surface area (Å²) in [4.78, 5) is 26.2. The molecule has 4 heterocycles. The molecular weight excluding hydrogens is 432 g/mol. The summed E-state index contributed by atoms with van der Waals surface area (Å²) in [5.41, 5.74) is 2.05. The van der Waals surface area contributed by atoms with Crippen LogP contribution in [0.15, 0.2) is 61.6 Å². The van der Waals surface area contributed by atoms with E-state index in [1.165, 1.54) is 6.08 Å². The summed E-state index contributed by atoms with van der Waals surface area (Å²) >= 11 is 0. The maximum Gasteiger partial charge on any atom is 0.247 e. The number of piperidine rings is 1. The van der Waals surface area contributed by atoms with Crippen LogP contribution in [-0.2, 0) is 4.79 Å². The van der Waals surface area contributed by atoms with Gasteiger partial charge in [-0.2, -0.15) is 15.1 Å². The lowest BCUT2D eigenvalue weighted by molar-refractivity contribution is -0.111. The van der Waals surface area contributed by atoms with E-state index in [0.29, 0.717) is 35.0 Å². The van der Waals surface area contributed by atoms with E-state index in [0.717, 1.165) is 37.0 Å². The fourth-order valence-electron chi connectivity index (χ4n) is 3.98. The molecule has 0 spiro atoms. The maximum absolute atomic E-state index is 11.6. The number of fused-ring (bicyclic) bond motifs is 1. The van der Waals surface area contributed by atoms with Crippen molar-refractivity contribution in [2.24, 2.45) is 0 Å². The van der Waals surface area contributed by atoms with Crippen molar-refractivity contribution in [2.75, 3.05) is 30.8 Å². The van der Waals surface area contributed by atoms with Crippen molar-refractivity contribution in [1.82, 2.24) is 29.6 Å². The summed E-state index contributed by atoms with van der Waals surface area (Å²) < 4.78 is 8.10. The number of carbonyl (C=O) groups excluding carboxylic acids is 1. The smallest absolute Gasteiger partial charge is 0.247 e. The van der Waals surface area contributed by atoms with Gasteiger partial charge in [-0.25, -0.2) is 0 Å². The van der Waals surface area contributed by atoms with Gasteiger partial charge < -0.3 is 25.3 Å². The molecule has 10 nitrogen and oxygen atoms in total. The summed E-state index contributed by atoms with van der Waals surface area (Å²) in [5.74, 6) is 1.02. The van der Waals surface area contributed by atoms with Gasteiger partial charge in [-0.1, -0.05) is 12.6 Å². The van der Waals surface area contributed by atoms with Crippen molar-refractivity contribution in [3.63, 3.8) is 0 Å². The monoisotopic (exact) mass is 458 g/mol. The third-order valence-electron chi connectivity index (χ3n) is 5.80. The number of nitrogens with one attached hydrogen (secondary N) is 3. The molecular formula is C24H26N8O2. The topological polar surface area (TPSA) is 113 Å². The third kappa shape index (κ3) is 4.76. The fraction of sp³-hybridized carbons (Fsp3) is 0.250. The molecule has 1 aromatic carbocycles. The number of aromatic nitrogens is 5. The molecule has 10 heteroatoms. The molecule has 0 unspecified atom stereocenters. The molecule has 1 aliphatic rings. The highest BCUT2D eigenvalue weighted by Gasteiger charge is 2.19. The van der Waals surface area contributed by atoms with Crippen LogP contribution in [0.25, 0.3) is 11.0 Å². The lowest BCUT2D eigenvalue weighted by Crippen LogP contribution is -2.31. The first-order valence-corrected chi connectivity index (χ1v) is 11.1. The third-order valence-corrected chi connectivity index (χ3v) is 5.80. The zero-order valence-corrected chi connectivity index (χ0v) is 18.9. The molecule has 34 heavy (non-hydrogen) atoms. The number of nitrogens with zero attached hydrogens (tertiary/aromatic N) is 5. The number of anilines is 3. The number of hydrogen-bond acceptors (Lipinski definition) is 7. The van der Waals surface area contributed by atoms with Crippen LogP contribution in [0.3, 0.4) is 0 Å². The predicted molar refractivity (Wildman–Crippen MR) is 131 cm³/mol. The number of aromatic amines is 1. The molecule has 0 saturated carbocycles. The van der Waals surface area contributed by atoms with E-state index < -0.39 is 0 Å². The van der Waals surface area contributed by atoms with Gasteiger partial charge in [0.05, 0.1) is 23.3 Å². The SMILES string of the molecule is C=CC(=O)Nc1cccc(Oc2nc(Nc3cnn(C4CCN(C)CC4)c3)nc3[nH]ccc23)c1. The van der Waals surface area contributed by atoms with Crippen LogP contribution in [0.1, 0.15) is 18.9 Å². The van der Waals surface area contributed by atoms with E-state index in [1.807, 2.05) is 16.9 Å². The molecule has 0 atom stereocenters. The number of rotatable bonds is 7. The number of likely N-dealkylation sites (tertiary alicyclic amines) is 1. The summed E-state index contributed by atoms with van der Waals surface area (Å²) in [6.07, 6.45) is 8.93. The van der Waals surface area contributed by atoms with Crippen LogP contribution < -0.4 is 15.4 Å². The quantitative estimate of drug-likeness (QED) is 0.358. The number of ether oxygens (including phenoxy) is 1. The molecule has 5 rings (SSSR count). The molecule has 3 N–H and O–H groups in total. The van der Waals surface area contributed by atoms with Crippen LogP contribution in [0, 0.1) is 0 Å². The minimum Gasteiger partial charge on any atom is -0.438 e. The van der Waals surface area contributed by atoms with Gasteiger partial charge in [0.25, 0.3) is 0 Å². The number of benzene rings is 1. The maximum atomic E-state index is 11.6. The summed E-state index contributed by atoms with van der Waals surface area (Å²) in [5, 5.41) is 11.3. The number of hydrogen-bond donors (Lipinski definition) is 3. The van der Waals surface area contributed by atoms with Crippen molar-refractivity contribution in [1.29, 1.82) is 0 Å². The zero-order valence-electron chi connectivity index (χ0n) is 18.9. The Kier molecular flexibility index (Phi) is 5.96. The van der Waals surface area contributed by atoms with Gasteiger partial charge >= 0.3 is 0 Å². The lowest BCUT2D eigenvalue weighted by Gasteiger charge is -2.28. The zero-order chi connectivity index (χ0) is 23.5. The van der Waals surface area contributed by atoms with E-state index in [4.69, 9.17) is 4.74 Å². The van der Waals surface area contributed by atoms with Gasteiger partial charge in [0.2, 0.25) is 17.7 Å². The normalized spacial score (nSPS) is 14.7. The fourth-order valence-corrected chi connectivity index (χ4v) is 3.98. The molecule has 0 radical (unpaired) electrons. The Morgan fingerprint density at radius 1 is 1.24 bits per heavy atom. The van der Waals surface area contributed by atoms with Crippen LogP contribution in [0.5, 0.6) is 11.6 Å². The lowest BCUT2D eigenvalue weighted by atomic mass is 10.1. The van der Waals surface area contributed by atoms with E-state index in [1.54, 1.807) is 36.7 Å². The Balaban J connectivity index is 1.36. The van der Waals surface area contributed by atoms with Gasteiger partial charge in [-0.05, 0) is 57.3 Å². The van der Waals surface area contributed by atoms with Gasteiger partial charge in [0.1, 0.15) is 11.4 Å². The first kappa shape index (κ1) is 21.7. The summed E-state index contributed by atoms with van der Waals surface area (Å²) in [6, 6.07) is 9.33. The van der Waals surface area contributed by atoms with Gasteiger partial charge in [-0.15, -0.1) is 0 Å². The Hall–Kier alpha value is -4.18. The van der Waals surface area contributed by atoms with E-state index in [9.17, 15) is 4.79 Å². The molecule has 0 aliphatic carbocycles. The Bertz CT molecular complexity index is 1320. The molecule has 1 fully saturated rings.